The highest BCUT2D eigenvalue weighted by atomic mass is 19.3. The lowest BCUT2D eigenvalue weighted by Gasteiger charge is -2.30. The number of alkyl halides is 2. The van der Waals surface area contributed by atoms with Crippen LogP contribution in [0.1, 0.15) is 12.8 Å². The molecular formula is C11H18F2N2O4. The lowest BCUT2D eigenvalue weighted by Crippen LogP contribution is -2.45. The van der Waals surface area contributed by atoms with E-state index in [0.29, 0.717) is 25.9 Å². The van der Waals surface area contributed by atoms with Crippen molar-refractivity contribution in [1.82, 2.24) is 10.2 Å². The molecule has 6 nitrogen and oxygen atoms in total. The molecule has 0 aromatic carbocycles. The van der Waals surface area contributed by atoms with Gasteiger partial charge in [-0.2, -0.15) is 0 Å². The van der Waals surface area contributed by atoms with E-state index in [1.807, 2.05) is 0 Å². The van der Waals surface area contributed by atoms with Gasteiger partial charge in [-0.15, -0.1) is 0 Å². The highest BCUT2D eigenvalue weighted by molar-refractivity contribution is 5.78. The predicted molar refractivity (Wildman–Crippen MR) is 61.8 cm³/mol. The monoisotopic (exact) mass is 280 g/mol. The molecule has 1 rings (SSSR count). The number of halogens is 2. The molecule has 1 amide bonds. The number of piperidine rings is 1. The molecule has 1 unspecified atom stereocenters. The SMILES string of the molecule is O=C(O)C1CCN(C(=O)CNCC(O)C(F)F)CC1. The van der Waals surface area contributed by atoms with Gasteiger partial charge in [0.05, 0.1) is 12.5 Å². The summed E-state index contributed by atoms with van der Waals surface area (Å²) in [6.45, 7) is 0.222. The van der Waals surface area contributed by atoms with E-state index in [4.69, 9.17) is 10.2 Å². The number of carboxylic acids is 1. The highest BCUT2D eigenvalue weighted by Gasteiger charge is 2.26. The zero-order valence-corrected chi connectivity index (χ0v) is 10.4. The van der Waals surface area contributed by atoms with Gasteiger partial charge < -0.3 is 20.4 Å². The third-order valence-electron chi connectivity index (χ3n) is 3.12. The Morgan fingerprint density at radius 1 is 1.32 bits per heavy atom. The molecule has 1 aliphatic rings. The minimum absolute atomic E-state index is 0.137. The zero-order valence-electron chi connectivity index (χ0n) is 10.4. The number of likely N-dealkylation sites (tertiary alicyclic amines) is 1. The molecule has 1 heterocycles. The molecule has 3 N–H and O–H groups in total. The first kappa shape index (κ1) is 15.8. The van der Waals surface area contributed by atoms with Crippen LogP contribution in [0.15, 0.2) is 0 Å². The fraction of sp³-hybridized carbons (Fsp3) is 0.818. The van der Waals surface area contributed by atoms with Crippen molar-refractivity contribution in [3.63, 3.8) is 0 Å². The summed E-state index contributed by atoms with van der Waals surface area (Å²) < 4.78 is 24.0. The summed E-state index contributed by atoms with van der Waals surface area (Å²) in [6, 6.07) is 0. The van der Waals surface area contributed by atoms with E-state index in [-0.39, 0.29) is 19.0 Å². The van der Waals surface area contributed by atoms with Crippen LogP contribution in [0.4, 0.5) is 8.78 Å². The smallest absolute Gasteiger partial charge is 0.306 e. The predicted octanol–water partition coefficient (Wildman–Crippen LogP) is -0.475. The van der Waals surface area contributed by atoms with Crippen molar-refractivity contribution in [3.8, 4) is 0 Å². The van der Waals surface area contributed by atoms with Gasteiger partial charge in [-0.25, -0.2) is 8.78 Å². The van der Waals surface area contributed by atoms with Gasteiger partial charge in [0.15, 0.2) is 0 Å². The summed E-state index contributed by atoms with van der Waals surface area (Å²) >= 11 is 0. The summed E-state index contributed by atoms with van der Waals surface area (Å²) in [4.78, 5) is 23.9. The van der Waals surface area contributed by atoms with Crippen LogP contribution in [-0.2, 0) is 9.59 Å². The number of carboxylic acid groups (broad SMARTS) is 1. The maximum atomic E-state index is 12.0. The molecule has 8 heteroatoms. The van der Waals surface area contributed by atoms with Crippen molar-refractivity contribution < 1.29 is 28.6 Å². The highest BCUT2D eigenvalue weighted by Crippen LogP contribution is 2.17. The van der Waals surface area contributed by atoms with Gasteiger partial charge in [0.25, 0.3) is 6.43 Å². The Balaban J connectivity index is 2.23. The number of hydrogen-bond acceptors (Lipinski definition) is 4. The molecule has 1 atom stereocenters. The van der Waals surface area contributed by atoms with Gasteiger partial charge >= 0.3 is 5.97 Å². The van der Waals surface area contributed by atoms with Gasteiger partial charge in [0.1, 0.15) is 6.10 Å². The van der Waals surface area contributed by atoms with Crippen LogP contribution in [0, 0.1) is 5.92 Å². The van der Waals surface area contributed by atoms with Crippen LogP contribution in [0.3, 0.4) is 0 Å². The molecule has 1 aliphatic heterocycles. The number of nitrogens with one attached hydrogen (secondary N) is 1. The molecule has 0 aromatic heterocycles. The average Bonchev–Trinajstić information content (AvgIpc) is 2.38. The molecular weight excluding hydrogens is 262 g/mol. The molecule has 0 aliphatic carbocycles. The van der Waals surface area contributed by atoms with Crippen molar-refractivity contribution in [1.29, 1.82) is 0 Å². The first-order valence-electron chi connectivity index (χ1n) is 6.09. The van der Waals surface area contributed by atoms with Crippen molar-refractivity contribution >= 4 is 11.9 Å². The number of aliphatic hydroxyl groups excluding tert-OH is 1. The van der Waals surface area contributed by atoms with E-state index >= 15 is 0 Å². The van der Waals surface area contributed by atoms with Crippen molar-refractivity contribution in [2.75, 3.05) is 26.2 Å². The molecule has 1 saturated heterocycles. The summed E-state index contributed by atoms with van der Waals surface area (Å²) in [5.41, 5.74) is 0. The van der Waals surface area contributed by atoms with Gasteiger partial charge in [-0.3, -0.25) is 9.59 Å². The fourth-order valence-corrected chi connectivity index (χ4v) is 1.90. The summed E-state index contributed by atoms with van der Waals surface area (Å²) in [5.74, 6) is -1.55. The number of aliphatic carboxylic acids is 1. The second-order valence-electron chi connectivity index (χ2n) is 4.53. The number of carbonyl (C=O) groups excluding carboxylic acids is 1. The Bertz CT molecular complexity index is 320. The summed E-state index contributed by atoms with van der Waals surface area (Å²) in [5, 5.41) is 20.1. The van der Waals surface area contributed by atoms with E-state index < -0.39 is 24.4 Å². The Kier molecular flexibility index (Phi) is 6.10. The molecule has 0 spiro atoms. The van der Waals surface area contributed by atoms with Crippen LogP contribution in [0.5, 0.6) is 0 Å². The second kappa shape index (κ2) is 7.34. The molecule has 110 valence electrons. The second-order valence-corrected chi connectivity index (χ2v) is 4.53. The Labute approximate surface area is 109 Å². The average molecular weight is 280 g/mol. The van der Waals surface area contributed by atoms with Gasteiger partial charge in [0, 0.05) is 19.6 Å². The third kappa shape index (κ3) is 5.07. The number of hydrogen-bond donors (Lipinski definition) is 3. The molecule has 0 bridgehead atoms. The molecule has 1 fully saturated rings. The largest absolute Gasteiger partial charge is 0.481 e. The Hall–Kier alpha value is -1.28. The molecule has 0 saturated carbocycles. The zero-order chi connectivity index (χ0) is 14.4. The lowest BCUT2D eigenvalue weighted by atomic mass is 9.97. The number of rotatable bonds is 6. The van der Waals surface area contributed by atoms with E-state index in [9.17, 15) is 18.4 Å². The van der Waals surface area contributed by atoms with Crippen LogP contribution in [-0.4, -0.2) is 65.7 Å². The molecule has 19 heavy (non-hydrogen) atoms. The Morgan fingerprint density at radius 3 is 2.37 bits per heavy atom. The minimum atomic E-state index is -2.84. The first-order chi connectivity index (χ1) is 8.91. The van der Waals surface area contributed by atoms with Crippen LogP contribution in [0.25, 0.3) is 0 Å². The van der Waals surface area contributed by atoms with Crippen molar-refractivity contribution in [3.05, 3.63) is 0 Å². The number of aliphatic hydroxyl groups is 1. The third-order valence-corrected chi connectivity index (χ3v) is 3.12. The number of amides is 1. The van der Waals surface area contributed by atoms with Crippen molar-refractivity contribution in [2.45, 2.75) is 25.4 Å². The standard InChI is InChI=1S/C11H18F2N2O4/c12-10(13)8(16)5-14-6-9(17)15-3-1-7(2-4-15)11(18)19/h7-8,10,14,16H,1-6H2,(H,18,19). The molecule has 0 aromatic rings. The number of nitrogens with zero attached hydrogens (tertiary/aromatic N) is 1. The maximum Gasteiger partial charge on any atom is 0.306 e. The van der Waals surface area contributed by atoms with E-state index in [0.717, 1.165) is 0 Å². The van der Waals surface area contributed by atoms with E-state index in [2.05, 4.69) is 5.32 Å². The number of carbonyl (C=O) groups is 2. The quantitative estimate of drug-likeness (QED) is 0.612. The van der Waals surface area contributed by atoms with Crippen LogP contribution in [0.2, 0.25) is 0 Å². The van der Waals surface area contributed by atoms with Gasteiger partial charge in [-0.05, 0) is 12.8 Å². The Morgan fingerprint density at radius 2 is 1.89 bits per heavy atom. The summed E-state index contributed by atoms with van der Waals surface area (Å²) in [7, 11) is 0. The lowest BCUT2D eigenvalue weighted by molar-refractivity contribution is -0.145. The minimum Gasteiger partial charge on any atom is -0.481 e. The summed E-state index contributed by atoms with van der Waals surface area (Å²) in [6.07, 6.45) is -3.82. The maximum absolute atomic E-state index is 12.0. The molecule has 0 radical (unpaired) electrons. The normalized spacial score (nSPS) is 18.6. The van der Waals surface area contributed by atoms with Gasteiger partial charge in [0.2, 0.25) is 5.91 Å². The van der Waals surface area contributed by atoms with Crippen molar-refractivity contribution in [2.24, 2.45) is 5.92 Å². The van der Waals surface area contributed by atoms with Crippen LogP contribution >= 0.6 is 0 Å². The van der Waals surface area contributed by atoms with Gasteiger partial charge in [-0.1, -0.05) is 0 Å². The first-order valence-corrected chi connectivity index (χ1v) is 6.09. The van der Waals surface area contributed by atoms with Crippen LogP contribution < -0.4 is 5.32 Å². The van der Waals surface area contributed by atoms with E-state index in [1.54, 1.807) is 0 Å². The topological polar surface area (TPSA) is 89.9 Å². The van der Waals surface area contributed by atoms with E-state index in [1.165, 1.54) is 4.90 Å². The fourth-order valence-electron chi connectivity index (χ4n) is 1.90.